The van der Waals surface area contributed by atoms with E-state index in [1.165, 1.54) is 12.1 Å². The van der Waals surface area contributed by atoms with Crippen LogP contribution in [0.15, 0.2) is 42.7 Å². The van der Waals surface area contributed by atoms with Crippen molar-refractivity contribution in [3.8, 4) is 11.3 Å². The smallest absolute Gasteiger partial charge is 0.125 e. The molecule has 3 nitrogen and oxygen atoms in total. The predicted molar refractivity (Wildman–Crippen MR) is 67.5 cm³/mol. The number of halogens is 1. The van der Waals surface area contributed by atoms with E-state index in [0.29, 0.717) is 11.3 Å². The Morgan fingerprint density at radius 2 is 1.94 bits per heavy atom. The number of fused-ring (bicyclic) bond motifs is 1. The van der Waals surface area contributed by atoms with Crippen molar-refractivity contribution in [2.45, 2.75) is 6.92 Å². The van der Waals surface area contributed by atoms with Crippen molar-refractivity contribution in [2.75, 3.05) is 0 Å². The van der Waals surface area contributed by atoms with E-state index in [0.717, 1.165) is 16.6 Å². The molecule has 3 aromatic rings. The van der Waals surface area contributed by atoms with Crippen LogP contribution in [0.3, 0.4) is 0 Å². The van der Waals surface area contributed by atoms with Crippen molar-refractivity contribution in [1.82, 2.24) is 15.0 Å². The number of aromatic nitrogens is 3. The lowest BCUT2D eigenvalue weighted by molar-refractivity contribution is 0.629. The molecule has 0 aliphatic rings. The molecule has 4 heteroatoms. The molecule has 0 unspecified atom stereocenters. The van der Waals surface area contributed by atoms with Gasteiger partial charge in [-0.3, -0.25) is 4.98 Å². The molecule has 0 spiro atoms. The van der Waals surface area contributed by atoms with Crippen molar-refractivity contribution in [3.63, 3.8) is 0 Å². The molecule has 0 aliphatic carbocycles. The van der Waals surface area contributed by atoms with Crippen LogP contribution in [0.4, 0.5) is 4.39 Å². The Balaban J connectivity index is 2.16. The lowest BCUT2D eigenvalue weighted by Gasteiger charge is -2.03. The van der Waals surface area contributed by atoms with E-state index in [9.17, 15) is 4.39 Å². The van der Waals surface area contributed by atoms with Gasteiger partial charge in [0.1, 0.15) is 11.6 Å². The van der Waals surface area contributed by atoms with E-state index < -0.39 is 0 Å². The maximum absolute atomic E-state index is 13.1. The van der Waals surface area contributed by atoms with Gasteiger partial charge in [0, 0.05) is 29.4 Å². The Bertz CT molecular complexity index is 725. The summed E-state index contributed by atoms with van der Waals surface area (Å²) in [5.41, 5.74) is 2.37. The minimum atomic E-state index is -0.277. The highest BCUT2D eigenvalue weighted by molar-refractivity contribution is 5.82. The molecule has 0 atom stereocenters. The zero-order valence-corrected chi connectivity index (χ0v) is 9.76. The second kappa shape index (κ2) is 4.14. The minimum absolute atomic E-state index is 0.277. The summed E-state index contributed by atoms with van der Waals surface area (Å²) in [6.45, 7) is 1.84. The summed E-state index contributed by atoms with van der Waals surface area (Å²) in [4.78, 5) is 12.6. The first-order valence-electron chi connectivity index (χ1n) is 5.58. The SMILES string of the molecule is Cc1nccc(-c2cnc3cc(F)ccc3c2)n1. The quantitative estimate of drug-likeness (QED) is 0.654. The molecule has 88 valence electrons. The van der Waals surface area contributed by atoms with Crippen LogP contribution < -0.4 is 0 Å². The van der Waals surface area contributed by atoms with Gasteiger partial charge in [-0.15, -0.1) is 0 Å². The van der Waals surface area contributed by atoms with Crippen LogP contribution in [0.1, 0.15) is 5.82 Å². The van der Waals surface area contributed by atoms with Gasteiger partial charge in [-0.1, -0.05) is 0 Å². The first-order valence-corrected chi connectivity index (χ1v) is 5.58. The topological polar surface area (TPSA) is 38.7 Å². The molecule has 1 aromatic carbocycles. The zero-order valence-electron chi connectivity index (χ0n) is 9.76. The Morgan fingerprint density at radius 1 is 1.06 bits per heavy atom. The monoisotopic (exact) mass is 239 g/mol. The van der Waals surface area contributed by atoms with Crippen LogP contribution in [-0.2, 0) is 0 Å². The second-order valence-corrected chi connectivity index (χ2v) is 4.05. The third-order valence-corrected chi connectivity index (χ3v) is 2.72. The average Bonchev–Trinajstić information content (AvgIpc) is 2.38. The van der Waals surface area contributed by atoms with Crippen molar-refractivity contribution in [3.05, 3.63) is 54.4 Å². The van der Waals surface area contributed by atoms with Gasteiger partial charge >= 0.3 is 0 Å². The third-order valence-electron chi connectivity index (χ3n) is 2.72. The number of hydrogen-bond donors (Lipinski definition) is 0. The Kier molecular flexibility index (Phi) is 2.48. The summed E-state index contributed by atoms with van der Waals surface area (Å²) in [5, 5.41) is 0.894. The molecule has 0 saturated heterocycles. The van der Waals surface area contributed by atoms with Crippen molar-refractivity contribution in [1.29, 1.82) is 0 Å². The molecule has 0 N–H and O–H groups in total. The van der Waals surface area contributed by atoms with Gasteiger partial charge in [-0.25, -0.2) is 14.4 Å². The van der Waals surface area contributed by atoms with Gasteiger partial charge in [0.2, 0.25) is 0 Å². The zero-order chi connectivity index (χ0) is 12.5. The average molecular weight is 239 g/mol. The van der Waals surface area contributed by atoms with Crippen molar-refractivity contribution in [2.24, 2.45) is 0 Å². The lowest BCUT2D eigenvalue weighted by atomic mass is 10.1. The van der Waals surface area contributed by atoms with E-state index in [-0.39, 0.29) is 5.82 Å². The molecule has 2 heterocycles. The fourth-order valence-corrected chi connectivity index (χ4v) is 1.85. The van der Waals surface area contributed by atoms with Crippen LogP contribution in [0.5, 0.6) is 0 Å². The molecule has 3 rings (SSSR count). The summed E-state index contributed by atoms with van der Waals surface area (Å²) in [5.74, 6) is 0.437. The Hall–Kier alpha value is -2.36. The van der Waals surface area contributed by atoms with E-state index >= 15 is 0 Å². The highest BCUT2D eigenvalue weighted by atomic mass is 19.1. The first kappa shape index (κ1) is 10.8. The van der Waals surface area contributed by atoms with Crippen LogP contribution in [-0.4, -0.2) is 15.0 Å². The van der Waals surface area contributed by atoms with Gasteiger partial charge in [-0.05, 0) is 31.2 Å². The molecular formula is C14H10FN3. The van der Waals surface area contributed by atoms with Crippen LogP contribution in [0, 0.1) is 12.7 Å². The normalized spacial score (nSPS) is 10.8. The second-order valence-electron chi connectivity index (χ2n) is 4.05. The highest BCUT2D eigenvalue weighted by Gasteiger charge is 2.03. The fraction of sp³-hybridized carbons (Fsp3) is 0.0714. The van der Waals surface area contributed by atoms with E-state index in [1.54, 1.807) is 18.5 Å². The number of pyridine rings is 1. The maximum atomic E-state index is 13.1. The van der Waals surface area contributed by atoms with Crippen molar-refractivity contribution >= 4 is 10.9 Å². The summed E-state index contributed by atoms with van der Waals surface area (Å²) in [6.07, 6.45) is 3.41. The Labute approximate surface area is 103 Å². The summed E-state index contributed by atoms with van der Waals surface area (Å²) in [6, 6.07) is 8.35. The van der Waals surface area contributed by atoms with E-state index in [1.807, 2.05) is 19.1 Å². The molecular weight excluding hydrogens is 229 g/mol. The number of rotatable bonds is 1. The van der Waals surface area contributed by atoms with Crippen LogP contribution >= 0.6 is 0 Å². The molecule has 0 saturated carbocycles. The van der Waals surface area contributed by atoms with Crippen molar-refractivity contribution < 1.29 is 4.39 Å². The van der Waals surface area contributed by atoms with Crippen LogP contribution in [0.2, 0.25) is 0 Å². The summed E-state index contributed by atoms with van der Waals surface area (Å²) in [7, 11) is 0. The standard InChI is InChI=1S/C14H10FN3/c1-9-16-5-4-13(18-9)11-6-10-2-3-12(15)7-14(10)17-8-11/h2-8H,1H3. The molecule has 18 heavy (non-hydrogen) atoms. The predicted octanol–water partition coefficient (Wildman–Crippen LogP) is 3.14. The van der Waals surface area contributed by atoms with Gasteiger partial charge in [0.05, 0.1) is 11.2 Å². The molecule has 0 radical (unpaired) electrons. The van der Waals surface area contributed by atoms with Gasteiger partial charge < -0.3 is 0 Å². The third kappa shape index (κ3) is 1.93. The van der Waals surface area contributed by atoms with E-state index in [4.69, 9.17) is 0 Å². The molecule has 0 fully saturated rings. The molecule has 0 amide bonds. The summed E-state index contributed by atoms with van der Waals surface area (Å²) < 4.78 is 13.1. The fourth-order valence-electron chi connectivity index (χ4n) is 1.85. The highest BCUT2D eigenvalue weighted by Crippen LogP contribution is 2.21. The lowest BCUT2D eigenvalue weighted by Crippen LogP contribution is -1.91. The largest absolute Gasteiger partial charge is 0.255 e. The minimum Gasteiger partial charge on any atom is -0.255 e. The number of hydrogen-bond acceptors (Lipinski definition) is 3. The molecule has 0 bridgehead atoms. The van der Waals surface area contributed by atoms with Gasteiger partial charge in [-0.2, -0.15) is 0 Å². The first-order chi connectivity index (χ1) is 8.72. The van der Waals surface area contributed by atoms with E-state index in [2.05, 4.69) is 15.0 Å². The van der Waals surface area contributed by atoms with Gasteiger partial charge in [0.25, 0.3) is 0 Å². The van der Waals surface area contributed by atoms with Crippen LogP contribution in [0.25, 0.3) is 22.2 Å². The number of nitrogens with zero attached hydrogens (tertiary/aromatic N) is 3. The molecule has 0 aliphatic heterocycles. The van der Waals surface area contributed by atoms with Gasteiger partial charge in [0.15, 0.2) is 0 Å². The summed E-state index contributed by atoms with van der Waals surface area (Å²) >= 11 is 0. The molecule has 2 aromatic heterocycles. The Morgan fingerprint density at radius 3 is 2.78 bits per heavy atom. The number of benzene rings is 1. The number of aryl methyl sites for hydroxylation is 1. The maximum Gasteiger partial charge on any atom is 0.125 e.